The summed E-state index contributed by atoms with van der Waals surface area (Å²) in [5.74, 6) is -0.243. The van der Waals surface area contributed by atoms with Crippen molar-refractivity contribution in [2.24, 2.45) is 0 Å². The maximum Gasteiger partial charge on any atom is 0.223 e. The maximum absolute atomic E-state index is 13.0. The van der Waals surface area contributed by atoms with Crippen molar-refractivity contribution in [3.8, 4) is 11.3 Å². The highest BCUT2D eigenvalue weighted by molar-refractivity contribution is 6.28. The van der Waals surface area contributed by atoms with E-state index >= 15 is 0 Å². The molecule has 1 heterocycles. The number of aryl methyl sites for hydroxylation is 1. The first-order valence-corrected chi connectivity index (χ1v) is 6.43. The molecule has 0 atom stereocenters. The van der Waals surface area contributed by atoms with E-state index in [0.29, 0.717) is 0 Å². The van der Waals surface area contributed by atoms with Crippen LogP contribution < -0.4 is 0 Å². The zero-order valence-corrected chi connectivity index (χ0v) is 10.5. The second-order valence-corrected chi connectivity index (χ2v) is 4.82. The van der Waals surface area contributed by atoms with E-state index in [4.69, 9.17) is 11.6 Å². The molecule has 1 aliphatic carbocycles. The molecule has 0 spiro atoms. The lowest BCUT2D eigenvalue weighted by molar-refractivity contribution is 0.628. The number of rotatable bonds is 1. The van der Waals surface area contributed by atoms with Gasteiger partial charge in [-0.3, -0.25) is 0 Å². The molecular weight excluding hydrogens is 251 g/mol. The van der Waals surface area contributed by atoms with Crippen molar-refractivity contribution in [3.63, 3.8) is 0 Å². The lowest BCUT2D eigenvalue weighted by Gasteiger charge is -2.18. The summed E-state index contributed by atoms with van der Waals surface area (Å²) in [5.41, 5.74) is 3.96. The topological polar surface area (TPSA) is 25.8 Å². The third-order valence-electron chi connectivity index (χ3n) is 3.27. The van der Waals surface area contributed by atoms with Crippen LogP contribution in [0.4, 0.5) is 4.39 Å². The summed E-state index contributed by atoms with van der Waals surface area (Å²) in [6.07, 6.45) is 4.21. The lowest BCUT2D eigenvalue weighted by atomic mass is 9.92. The zero-order chi connectivity index (χ0) is 12.5. The Bertz CT molecular complexity index is 581. The molecule has 0 fully saturated rings. The fourth-order valence-electron chi connectivity index (χ4n) is 2.41. The third kappa shape index (κ3) is 2.10. The van der Waals surface area contributed by atoms with E-state index in [1.807, 2.05) is 0 Å². The minimum atomic E-state index is -0.243. The van der Waals surface area contributed by atoms with E-state index in [-0.39, 0.29) is 11.1 Å². The molecule has 0 radical (unpaired) electrons. The van der Waals surface area contributed by atoms with Crippen molar-refractivity contribution in [2.45, 2.75) is 25.7 Å². The second-order valence-electron chi connectivity index (χ2n) is 4.48. The number of fused-ring (bicyclic) bond motifs is 1. The van der Waals surface area contributed by atoms with Gasteiger partial charge in [-0.15, -0.1) is 0 Å². The summed E-state index contributed by atoms with van der Waals surface area (Å²) in [6.45, 7) is 0. The van der Waals surface area contributed by atoms with E-state index in [2.05, 4.69) is 9.97 Å². The smallest absolute Gasteiger partial charge is 0.223 e. The molecule has 0 N–H and O–H groups in total. The minimum absolute atomic E-state index is 0.243. The van der Waals surface area contributed by atoms with Crippen molar-refractivity contribution < 1.29 is 4.39 Å². The van der Waals surface area contributed by atoms with Crippen LogP contribution in [0.15, 0.2) is 24.3 Å². The number of halogens is 2. The van der Waals surface area contributed by atoms with E-state index in [9.17, 15) is 4.39 Å². The normalized spacial score (nSPS) is 14.3. The minimum Gasteiger partial charge on any atom is -0.223 e. The van der Waals surface area contributed by atoms with Gasteiger partial charge in [0.2, 0.25) is 5.28 Å². The molecule has 0 aliphatic heterocycles. The summed E-state index contributed by atoms with van der Waals surface area (Å²) in [5, 5.41) is 0.273. The Morgan fingerprint density at radius 3 is 2.50 bits per heavy atom. The van der Waals surface area contributed by atoms with Crippen LogP contribution in [0, 0.1) is 5.82 Å². The molecule has 1 aromatic heterocycles. The van der Waals surface area contributed by atoms with E-state index in [1.165, 1.54) is 12.1 Å². The predicted octanol–water partition coefficient (Wildman–Crippen LogP) is 3.81. The zero-order valence-electron chi connectivity index (χ0n) is 9.79. The highest BCUT2D eigenvalue weighted by Crippen LogP contribution is 2.30. The van der Waals surface area contributed by atoms with Crippen LogP contribution in [0.1, 0.15) is 24.1 Å². The molecule has 0 unspecified atom stereocenters. The number of hydrogen-bond acceptors (Lipinski definition) is 2. The molecule has 1 aromatic carbocycles. The van der Waals surface area contributed by atoms with Gasteiger partial charge in [0, 0.05) is 16.8 Å². The van der Waals surface area contributed by atoms with Gasteiger partial charge >= 0.3 is 0 Å². The highest BCUT2D eigenvalue weighted by Gasteiger charge is 2.18. The van der Waals surface area contributed by atoms with Crippen molar-refractivity contribution in [3.05, 3.63) is 46.6 Å². The van der Waals surface area contributed by atoms with E-state index in [0.717, 1.165) is 48.2 Å². The van der Waals surface area contributed by atoms with Crippen molar-refractivity contribution in [1.29, 1.82) is 0 Å². The maximum atomic E-state index is 13.0. The first-order chi connectivity index (χ1) is 8.74. The molecule has 2 nitrogen and oxygen atoms in total. The molecule has 3 rings (SSSR count). The highest BCUT2D eigenvalue weighted by atomic mass is 35.5. The standard InChI is InChI=1S/C14H12ClFN2/c15-14-17-12-4-2-1-3-11(12)13(18-14)9-5-7-10(16)8-6-9/h5-8H,1-4H2. The summed E-state index contributed by atoms with van der Waals surface area (Å²) >= 11 is 5.97. The number of hydrogen-bond donors (Lipinski definition) is 0. The molecule has 1 aliphatic rings. The van der Waals surface area contributed by atoms with Crippen LogP contribution >= 0.6 is 11.6 Å². The molecule has 0 amide bonds. The summed E-state index contributed by atoms with van der Waals surface area (Å²) in [4.78, 5) is 8.62. The molecule has 0 bridgehead atoms. The van der Waals surface area contributed by atoms with Gasteiger partial charge in [0.05, 0.1) is 5.69 Å². The fourth-order valence-corrected chi connectivity index (χ4v) is 2.60. The predicted molar refractivity (Wildman–Crippen MR) is 69.1 cm³/mol. The van der Waals surface area contributed by atoms with Crippen LogP contribution in [0.2, 0.25) is 5.28 Å². The Morgan fingerprint density at radius 2 is 1.72 bits per heavy atom. The Kier molecular flexibility index (Phi) is 3.00. The van der Waals surface area contributed by atoms with Gasteiger partial charge < -0.3 is 0 Å². The molecular formula is C14H12ClFN2. The molecule has 18 heavy (non-hydrogen) atoms. The number of aromatic nitrogens is 2. The average molecular weight is 263 g/mol. The van der Waals surface area contributed by atoms with Crippen LogP contribution in [0.3, 0.4) is 0 Å². The molecule has 2 aromatic rings. The van der Waals surface area contributed by atoms with Gasteiger partial charge in [0.25, 0.3) is 0 Å². The first kappa shape index (κ1) is 11.6. The van der Waals surface area contributed by atoms with Gasteiger partial charge in [-0.25, -0.2) is 14.4 Å². The van der Waals surface area contributed by atoms with Crippen molar-refractivity contribution >= 4 is 11.6 Å². The van der Waals surface area contributed by atoms with Gasteiger partial charge in [-0.1, -0.05) is 0 Å². The largest absolute Gasteiger partial charge is 0.223 e. The third-order valence-corrected chi connectivity index (χ3v) is 3.44. The quantitative estimate of drug-likeness (QED) is 0.730. The molecule has 0 saturated carbocycles. The number of benzene rings is 1. The van der Waals surface area contributed by atoms with E-state index < -0.39 is 0 Å². The molecule has 4 heteroatoms. The van der Waals surface area contributed by atoms with Crippen LogP contribution in [-0.2, 0) is 12.8 Å². The van der Waals surface area contributed by atoms with Gasteiger partial charge in [-0.2, -0.15) is 0 Å². The van der Waals surface area contributed by atoms with Gasteiger partial charge in [0.15, 0.2) is 0 Å². The van der Waals surface area contributed by atoms with Gasteiger partial charge in [0.1, 0.15) is 5.82 Å². The summed E-state index contributed by atoms with van der Waals surface area (Å²) < 4.78 is 13.0. The fraction of sp³-hybridized carbons (Fsp3) is 0.286. The van der Waals surface area contributed by atoms with E-state index in [1.54, 1.807) is 12.1 Å². The average Bonchev–Trinajstić information content (AvgIpc) is 2.38. The van der Waals surface area contributed by atoms with Crippen LogP contribution in [0.5, 0.6) is 0 Å². The Hall–Kier alpha value is -1.48. The lowest BCUT2D eigenvalue weighted by Crippen LogP contribution is -2.09. The Morgan fingerprint density at radius 1 is 1.00 bits per heavy atom. The second kappa shape index (κ2) is 4.65. The monoisotopic (exact) mass is 262 g/mol. The Balaban J connectivity index is 2.16. The van der Waals surface area contributed by atoms with Crippen molar-refractivity contribution in [2.75, 3.05) is 0 Å². The Labute approximate surface area is 110 Å². The molecule has 0 saturated heterocycles. The number of nitrogens with zero attached hydrogens (tertiary/aromatic N) is 2. The SMILES string of the molecule is Fc1ccc(-c2nc(Cl)nc3c2CCCC3)cc1. The summed E-state index contributed by atoms with van der Waals surface area (Å²) in [7, 11) is 0. The van der Waals surface area contributed by atoms with Crippen molar-refractivity contribution in [1.82, 2.24) is 9.97 Å². The van der Waals surface area contributed by atoms with Gasteiger partial charge in [-0.05, 0) is 61.5 Å². The molecule has 92 valence electrons. The summed E-state index contributed by atoms with van der Waals surface area (Å²) in [6, 6.07) is 6.37. The van der Waals surface area contributed by atoms with Crippen LogP contribution in [0.25, 0.3) is 11.3 Å². The van der Waals surface area contributed by atoms with Crippen LogP contribution in [-0.4, -0.2) is 9.97 Å². The first-order valence-electron chi connectivity index (χ1n) is 6.05.